The number of hydrogen-bond acceptors (Lipinski definition) is 3. The summed E-state index contributed by atoms with van der Waals surface area (Å²) >= 11 is 0. The highest BCUT2D eigenvalue weighted by atomic mass is 16.5. The predicted molar refractivity (Wildman–Crippen MR) is 77.8 cm³/mol. The van der Waals surface area contributed by atoms with Crippen LogP contribution in [0.1, 0.15) is 51.6 Å². The topological polar surface area (TPSA) is 59.0 Å². The largest absolute Gasteiger partial charge is 0.494 e. The summed E-state index contributed by atoms with van der Waals surface area (Å²) in [7, 11) is 0. The first kappa shape index (κ1) is 15.5. The average molecular weight is 260 g/mol. The number of nitriles is 1. The molecule has 0 spiro atoms. The minimum atomic E-state index is -0.263. The molecule has 0 aromatic heterocycles. The van der Waals surface area contributed by atoms with Crippen molar-refractivity contribution in [1.29, 1.82) is 5.26 Å². The van der Waals surface area contributed by atoms with Crippen LogP contribution < -0.4 is 10.5 Å². The molecule has 1 rings (SSSR count). The van der Waals surface area contributed by atoms with Crippen LogP contribution in [0.3, 0.4) is 0 Å². The summed E-state index contributed by atoms with van der Waals surface area (Å²) in [5.41, 5.74) is 6.83. The van der Waals surface area contributed by atoms with E-state index in [4.69, 9.17) is 15.7 Å². The van der Waals surface area contributed by atoms with Crippen LogP contribution in [0.25, 0.3) is 0 Å². The fraction of sp³-hybridized carbons (Fsp3) is 0.562. The van der Waals surface area contributed by atoms with Gasteiger partial charge in [0.2, 0.25) is 0 Å². The van der Waals surface area contributed by atoms with Crippen molar-refractivity contribution in [1.82, 2.24) is 0 Å². The highest BCUT2D eigenvalue weighted by Gasteiger charge is 2.15. The van der Waals surface area contributed by atoms with Crippen molar-refractivity contribution in [2.24, 2.45) is 11.1 Å². The van der Waals surface area contributed by atoms with Gasteiger partial charge in [0.1, 0.15) is 5.75 Å². The van der Waals surface area contributed by atoms with Crippen LogP contribution in [0.15, 0.2) is 24.3 Å². The van der Waals surface area contributed by atoms with E-state index in [9.17, 15) is 0 Å². The molecule has 0 aliphatic rings. The van der Waals surface area contributed by atoms with Crippen molar-refractivity contribution in [2.75, 3.05) is 6.61 Å². The first-order chi connectivity index (χ1) is 8.98. The Morgan fingerprint density at radius 3 is 2.47 bits per heavy atom. The van der Waals surface area contributed by atoms with Gasteiger partial charge in [0.25, 0.3) is 0 Å². The monoisotopic (exact) mass is 260 g/mol. The molecule has 0 bridgehead atoms. The molecule has 1 aromatic rings. The third-order valence-corrected chi connectivity index (χ3v) is 3.27. The molecule has 0 amide bonds. The maximum Gasteiger partial charge on any atom is 0.119 e. The van der Waals surface area contributed by atoms with E-state index in [0.29, 0.717) is 6.61 Å². The molecule has 0 heterocycles. The standard InChI is InChI=1S/C16H24N2O/c1-4-15(18)13-6-8-14(9-7-13)19-11-5-10-16(2,3)12-17/h6-9,15H,4-5,10-11,18H2,1-3H3/t15-/m0/s1. The molecule has 1 atom stereocenters. The van der Waals surface area contributed by atoms with Crippen LogP contribution in [0, 0.1) is 16.7 Å². The Hall–Kier alpha value is -1.53. The Labute approximate surface area is 116 Å². The zero-order valence-electron chi connectivity index (χ0n) is 12.1. The van der Waals surface area contributed by atoms with Gasteiger partial charge in [-0.2, -0.15) is 5.26 Å². The van der Waals surface area contributed by atoms with Crippen molar-refractivity contribution in [2.45, 2.75) is 46.1 Å². The van der Waals surface area contributed by atoms with Gasteiger partial charge in [-0.1, -0.05) is 19.1 Å². The Morgan fingerprint density at radius 2 is 1.95 bits per heavy atom. The molecule has 0 unspecified atom stereocenters. The van der Waals surface area contributed by atoms with E-state index in [1.807, 2.05) is 38.1 Å². The minimum Gasteiger partial charge on any atom is -0.494 e. The van der Waals surface area contributed by atoms with Gasteiger partial charge < -0.3 is 10.5 Å². The summed E-state index contributed by atoms with van der Waals surface area (Å²) in [6.45, 7) is 6.62. The Bertz CT molecular complexity index is 417. The van der Waals surface area contributed by atoms with Crippen molar-refractivity contribution < 1.29 is 4.74 Å². The minimum absolute atomic E-state index is 0.102. The third-order valence-electron chi connectivity index (χ3n) is 3.27. The van der Waals surface area contributed by atoms with Crippen molar-refractivity contribution in [3.63, 3.8) is 0 Å². The van der Waals surface area contributed by atoms with E-state index in [1.54, 1.807) is 0 Å². The fourth-order valence-corrected chi connectivity index (χ4v) is 1.81. The summed E-state index contributed by atoms with van der Waals surface area (Å²) in [5, 5.41) is 8.91. The zero-order valence-corrected chi connectivity index (χ0v) is 12.1. The van der Waals surface area contributed by atoms with E-state index < -0.39 is 0 Å². The number of nitrogens with zero attached hydrogens (tertiary/aromatic N) is 1. The number of ether oxygens (including phenoxy) is 1. The van der Waals surface area contributed by atoms with Gasteiger partial charge in [-0.3, -0.25) is 0 Å². The molecule has 3 nitrogen and oxygen atoms in total. The van der Waals surface area contributed by atoms with Crippen LogP contribution in [-0.2, 0) is 0 Å². The molecule has 0 aliphatic carbocycles. The van der Waals surface area contributed by atoms with Gasteiger partial charge in [0, 0.05) is 6.04 Å². The highest BCUT2D eigenvalue weighted by molar-refractivity contribution is 5.28. The second-order valence-electron chi connectivity index (χ2n) is 5.53. The molecule has 2 N–H and O–H groups in total. The van der Waals surface area contributed by atoms with Crippen molar-refractivity contribution in [3.8, 4) is 11.8 Å². The lowest BCUT2D eigenvalue weighted by atomic mass is 9.90. The van der Waals surface area contributed by atoms with Crippen LogP contribution >= 0.6 is 0 Å². The maximum atomic E-state index is 8.91. The van der Waals surface area contributed by atoms with Gasteiger partial charge in [-0.25, -0.2) is 0 Å². The summed E-state index contributed by atoms with van der Waals surface area (Å²) in [6, 6.07) is 10.3. The van der Waals surface area contributed by atoms with Gasteiger partial charge in [0.15, 0.2) is 0 Å². The lowest BCUT2D eigenvalue weighted by molar-refractivity contribution is 0.284. The number of nitrogens with two attached hydrogens (primary N) is 1. The van der Waals surface area contributed by atoms with E-state index >= 15 is 0 Å². The van der Waals surface area contributed by atoms with Crippen LogP contribution in [0.5, 0.6) is 5.75 Å². The van der Waals surface area contributed by atoms with Gasteiger partial charge in [-0.15, -0.1) is 0 Å². The first-order valence-corrected chi connectivity index (χ1v) is 6.88. The third kappa shape index (κ3) is 5.32. The summed E-state index contributed by atoms with van der Waals surface area (Å²) in [6.07, 6.45) is 2.67. The summed E-state index contributed by atoms with van der Waals surface area (Å²) in [4.78, 5) is 0. The SMILES string of the molecule is CC[C@H](N)c1ccc(OCCCC(C)(C)C#N)cc1. The molecule has 0 radical (unpaired) electrons. The van der Waals surface area contributed by atoms with Crippen molar-refractivity contribution in [3.05, 3.63) is 29.8 Å². The Kier molecular flexibility index (Phi) is 5.85. The number of benzene rings is 1. The molecule has 0 aliphatic heterocycles. The van der Waals surface area contributed by atoms with E-state index in [-0.39, 0.29) is 11.5 Å². The molecule has 19 heavy (non-hydrogen) atoms. The van der Waals surface area contributed by atoms with Crippen LogP contribution in [-0.4, -0.2) is 6.61 Å². The fourth-order valence-electron chi connectivity index (χ4n) is 1.81. The molecule has 0 fully saturated rings. The lowest BCUT2D eigenvalue weighted by Gasteiger charge is -2.15. The molecule has 1 aromatic carbocycles. The van der Waals surface area contributed by atoms with E-state index in [2.05, 4.69) is 13.0 Å². The quantitative estimate of drug-likeness (QED) is 0.758. The lowest BCUT2D eigenvalue weighted by Crippen LogP contribution is -2.10. The maximum absolute atomic E-state index is 8.91. The predicted octanol–water partition coefficient (Wildman–Crippen LogP) is 3.81. The second kappa shape index (κ2) is 7.16. The molecule has 3 heteroatoms. The molecule has 104 valence electrons. The van der Waals surface area contributed by atoms with Crippen LogP contribution in [0.4, 0.5) is 0 Å². The molecular weight excluding hydrogens is 236 g/mol. The van der Waals surface area contributed by atoms with E-state index in [0.717, 1.165) is 30.6 Å². The first-order valence-electron chi connectivity index (χ1n) is 6.88. The molecule has 0 saturated heterocycles. The van der Waals surface area contributed by atoms with Gasteiger partial charge >= 0.3 is 0 Å². The highest BCUT2D eigenvalue weighted by Crippen LogP contribution is 2.22. The van der Waals surface area contributed by atoms with Crippen LogP contribution in [0.2, 0.25) is 0 Å². The van der Waals surface area contributed by atoms with Crippen molar-refractivity contribution >= 4 is 0 Å². The Morgan fingerprint density at radius 1 is 1.32 bits per heavy atom. The molecule has 0 saturated carbocycles. The zero-order chi connectivity index (χ0) is 14.3. The average Bonchev–Trinajstić information content (AvgIpc) is 2.43. The summed E-state index contributed by atoms with van der Waals surface area (Å²) in [5.74, 6) is 0.863. The number of rotatable bonds is 7. The van der Waals surface area contributed by atoms with Gasteiger partial charge in [-0.05, 0) is 50.8 Å². The Balaban J connectivity index is 2.37. The normalized spacial score (nSPS) is 12.8. The van der Waals surface area contributed by atoms with E-state index in [1.165, 1.54) is 0 Å². The molecular formula is C16H24N2O. The van der Waals surface area contributed by atoms with Gasteiger partial charge in [0.05, 0.1) is 18.1 Å². The second-order valence-corrected chi connectivity index (χ2v) is 5.53. The smallest absolute Gasteiger partial charge is 0.119 e. The number of hydrogen-bond donors (Lipinski definition) is 1. The summed E-state index contributed by atoms with van der Waals surface area (Å²) < 4.78 is 5.66.